The monoisotopic (exact) mass is 356 g/mol. The lowest BCUT2D eigenvalue weighted by atomic mass is 10.1. The van der Waals surface area contributed by atoms with Crippen molar-refractivity contribution >= 4 is 39.3 Å². The molecule has 0 saturated heterocycles. The molecular formula is C14H14BrClN2S. The number of pyridine rings is 1. The number of rotatable bonds is 4. The number of aromatic nitrogens is 1. The molecule has 2 N–H and O–H groups in total. The van der Waals surface area contributed by atoms with E-state index in [4.69, 9.17) is 17.3 Å². The minimum absolute atomic E-state index is 0.00243. The van der Waals surface area contributed by atoms with Gasteiger partial charge in [0.15, 0.2) is 0 Å². The van der Waals surface area contributed by atoms with Gasteiger partial charge in [0.2, 0.25) is 0 Å². The SMILES string of the molecule is CC(N)C(Sc1ncccc1Cl)c1cccc(Br)c1. The second kappa shape index (κ2) is 6.75. The molecule has 0 aliphatic carbocycles. The predicted molar refractivity (Wildman–Crippen MR) is 85.6 cm³/mol. The minimum Gasteiger partial charge on any atom is -0.327 e. The molecule has 19 heavy (non-hydrogen) atoms. The normalized spacial score (nSPS) is 14.1. The minimum atomic E-state index is -0.00243. The topological polar surface area (TPSA) is 38.9 Å². The molecule has 2 atom stereocenters. The highest BCUT2D eigenvalue weighted by atomic mass is 79.9. The van der Waals surface area contributed by atoms with Gasteiger partial charge in [-0.15, -0.1) is 0 Å². The molecule has 2 unspecified atom stereocenters. The second-order valence-corrected chi connectivity index (χ2v) is 6.70. The zero-order valence-electron chi connectivity index (χ0n) is 10.4. The third-order valence-electron chi connectivity index (χ3n) is 2.62. The largest absolute Gasteiger partial charge is 0.327 e. The zero-order chi connectivity index (χ0) is 13.8. The Labute approximate surface area is 130 Å². The molecule has 5 heteroatoms. The van der Waals surface area contributed by atoms with Gasteiger partial charge in [0.25, 0.3) is 0 Å². The summed E-state index contributed by atoms with van der Waals surface area (Å²) in [6, 6.07) is 11.8. The smallest absolute Gasteiger partial charge is 0.115 e. The van der Waals surface area contributed by atoms with Crippen molar-refractivity contribution < 1.29 is 0 Å². The summed E-state index contributed by atoms with van der Waals surface area (Å²) in [5.74, 6) is 0. The average Bonchev–Trinajstić information content (AvgIpc) is 2.37. The van der Waals surface area contributed by atoms with Crippen molar-refractivity contribution in [3.8, 4) is 0 Å². The van der Waals surface area contributed by atoms with Gasteiger partial charge >= 0.3 is 0 Å². The van der Waals surface area contributed by atoms with E-state index in [1.165, 1.54) is 0 Å². The van der Waals surface area contributed by atoms with Gasteiger partial charge in [-0.2, -0.15) is 0 Å². The van der Waals surface area contributed by atoms with Crippen LogP contribution in [-0.4, -0.2) is 11.0 Å². The third kappa shape index (κ3) is 3.96. The number of benzene rings is 1. The van der Waals surface area contributed by atoms with E-state index in [1.54, 1.807) is 18.0 Å². The number of hydrogen-bond donors (Lipinski definition) is 1. The van der Waals surface area contributed by atoms with Crippen LogP contribution in [0.15, 0.2) is 52.1 Å². The molecule has 0 saturated carbocycles. The average molecular weight is 358 g/mol. The van der Waals surface area contributed by atoms with E-state index in [1.807, 2.05) is 31.2 Å². The maximum Gasteiger partial charge on any atom is 0.115 e. The quantitative estimate of drug-likeness (QED) is 0.808. The lowest BCUT2D eigenvalue weighted by molar-refractivity contribution is 0.720. The molecule has 1 aromatic heterocycles. The van der Waals surface area contributed by atoms with Gasteiger partial charge in [-0.25, -0.2) is 4.98 Å². The summed E-state index contributed by atoms with van der Waals surface area (Å²) in [4.78, 5) is 4.31. The maximum absolute atomic E-state index is 6.16. The molecule has 100 valence electrons. The summed E-state index contributed by atoms with van der Waals surface area (Å²) in [7, 11) is 0. The Kier molecular flexibility index (Phi) is 5.28. The van der Waals surface area contributed by atoms with Gasteiger partial charge < -0.3 is 5.73 Å². The molecule has 0 spiro atoms. The molecule has 2 aromatic rings. The predicted octanol–water partition coefficient (Wildman–Crippen LogP) is 4.68. The van der Waals surface area contributed by atoms with Gasteiger partial charge in [-0.05, 0) is 36.8 Å². The number of nitrogens with two attached hydrogens (primary N) is 1. The first-order valence-electron chi connectivity index (χ1n) is 5.86. The van der Waals surface area contributed by atoms with Crippen LogP contribution in [0, 0.1) is 0 Å². The number of hydrogen-bond acceptors (Lipinski definition) is 3. The highest BCUT2D eigenvalue weighted by Crippen LogP contribution is 2.39. The summed E-state index contributed by atoms with van der Waals surface area (Å²) >= 11 is 11.2. The Morgan fingerprint density at radius 3 is 2.74 bits per heavy atom. The van der Waals surface area contributed by atoms with E-state index in [0.29, 0.717) is 5.02 Å². The first kappa shape index (κ1) is 14.9. The van der Waals surface area contributed by atoms with E-state index < -0.39 is 0 Å². The van der Waals surface area contributed by atoms with Gasteiger partial charge in [0.1, 0.15) is 5.03 Å². The Bertz CT molecular complexity index is 563. The standard InChI is InChI=1S/C14H14BrClN2S/c1-9(17)13(10-4-2-5-11(15)8-10)19-14-12(16)6-3-7-18-14/h2-9,13H,17H2,1H3. The number of nitrogens with zero attached hydrogens (tertiary/aromatic N) is 1. The summed E-state index contributed by atoms with van der Waals surface area (Å²) < 4.78 is 1.04. The molecule has 2 rings (SSSR count). The highest BCUT2D eigenvalue weighted by Gasteiger charge is 2.19. The van der Waals surface area contributed by atoms with E-state index >= 15 is 0 Å². The third-order valence-corrected chi connectivity index (χ3v) is 5.03. The maximum atomic E-state index is 6.16. The molecule has 0 amide bonds. The van der Waals surface area contributed by atoms with Crippen molar-refractivity contribution in [2.75, 3.05) is 0 Å². The van der Waals surface area contributed by atoms with Crippen LogP contribution in [0.1, 0.15) is 17.7 Å². The van der Waals surface area contributed by atoms with Crippen molar-refractivity contribution in [2.45, 2.75) is 23.2 Å². The fraction of sp³-hybridized carbons (Fsp3) is 0.214. The van der Waals surface area contributed by atoms with E-state index in [2.05, 4.69) is 33.0 Å². The number of thioether (sulfide) groups is 1. The Morgan fingerprint density at radius 1 is 1.32 bits per heavy atom. The van der Waals surface area contributed by atoms with Crippen molar-refractivity contribution in [3.05, 3.63) is 57.7 Å². The van der Waals surface area contributed by atoms with Crippen LogP contribution in [0.25, 0.3) is 0 Å². The van der Waals surface area contributed by atoms with E-state index in [0.717, 1.165) is 15.1 Å². The van der Waals surface area contributed by atoms with E-state index in [9.17, 15) is 0 Å². The van der Waals surface area contributed by atoms with Crippen LogP contribution in [0.4, 0.5) is 0 Å². The highest BCUT2D eigenvalue weighted by molar-refractivity contribution is 9.10. The molecular weight excluding hydrogens is 344 g/mol. The Hall–Kier alpha value is -0.550. The van der Waals surface area contributed by atoms with Crippen LogP contribution in [0.2, 0.25) is 5.02 Å². The summed E-state index contributed by atoms with van der Waals surface area (Å²) in [6.07, 6.45) is 1.74. The van der Waals surface area contributed by atoms with Gasteiger partial charge in [0, 0.05) is 16.7 Å². The fourth-order valence-electron chi connectivity index (χ4n) is 1.74. The molecule has 0 bridgehead atoms. The first-order valence-corrected chi connectivity index (χ1v) is 7.91. The zero-order valence-corrected chi connectivity index (χ0v) is 13.5. The van der Waals surface area contributed by atoms with Crippen molar-refractivity contribution in [1.82, 2.24) is 4.98 Å². The van der Waals surface area contributed by atoms with Crippen LogP contribution in [0.3, 0.4) is 0 Å². The van der Waals surface area contributed by atoms with Gasteiger partial charge in [0.05, 0.1) is 10.3 Å². The van der Waals surface area contributed by atoms with Crippen LogP contribution in [0.5, 0.6) is 0 Å². The molecule has 0 aliphatic rings. The summed E-state index contributed by atoms with van der Waals surface area (Å²) in [6.45, 7) is 2.00. The second-order valence-electron chi connectivity index (χ2n) is 4.24. The molecule has 2 nitrogen and oxygen atoms in total. The Morgan fingerprint density at radius 2 is 2.11 bits per heavy atom. The molecule has 1 heterocycles. The van der Waals surface area contributed by atoms with Crippen LogP contribution >= 0.6 is 39.3 Å². The van der Waals surface area contributed by atoms with E-state index in [-0.39, 0.29) is 11.3 Å². The summed E-state index contributed by atoms with van der Waals surface area (Å²) in [5, 5.41) is 1.59. The van der Waals surface area contributed by atoms with Crippen molar-refractivity contribution in [1.29, 1.82) is 0 Å². The molecule has 0 aliphatic heterocycles. The molecule has 1 aromatic carbocycles. The number of halogens is 2. The van der Waals surface area contributed by atoms with Crippen molar-refractivity contribution in [2.24, 2.45) is 5.73 Å². The summed E-state index contributed by atoms with van der Waals surface area (Å²) in [5.41, 5.74) is 7.27. The fourth-order valence-corrected chi connectivity index (χ4v) is 3.45. The van der Waals surface area contributed by atoms with Crippen LogP contribution < -0.4 is 5.73 Å². The van der Waals surface area contributed by atoms with Crippen LogP contribution in [-0.2, 0) is 0 Å². The first-order chi connectivity index (χ1) is 9.08. The lowest BCUT2D eigenvalue weighted by Crippen LogP contribution is -2.22. The van der Waals surface area contributed by atoms with Crippen molar-refractivity contribution in [3.63, 3.8) is 0 Å². The molecule has 0 fully saturated rings. The molecule has 0 radical (unpaired) electrons. The van der Waals surface area contributed by atoms with Gasteiger partial charge in [-0.1, -0.05) is 51.4 Å². The van der Waals surface area contributed by atoms with Gasteiger partial charge in [-0.3, -0.25) is 0 Å². The Balaban J connectivity index is 2.29. The lowest BCUT2D eigenvalue weighted by Gasteiger charge is -2.21.